The topological polar surface area (TPSA) is 42.9 Å². The molecule has 0 fully saturated rings. The Morgan fingerprint density at radius 2 is 1.87 bits per heavy atom. The summed E-state index contributed by atoms with van der Waals surface area (Å²) in [5.74, 6) is 0.101. The van der Waals surface area contributed by atoms with Gasteiger partial charge in [0.15, 0.2) is 5.78 Å². The van der Waals surface area contributed by atoms with Crippen molar-refractivity contribution < 1.29 is 4.79 Å². The fourth-order valence-electron chi connectivity index (χ4n) is 1.33. The molecule has 74 valence electrons. The number of benzene rings is 1. The quantitative estimate of drug-likeness (QED) is 0.707. The van der Waals surface area contributed by atoms with Crippen LogP contribution in [0.3, 0.4) is 0 Å². The van der Waals surface area contributed by atoms with Crippen molar-refractivity contribution in [1.82, 2.24) is 10.2 Å². The van der Waals surface area contributed by atoms with Gasteiger partial charge in [0.05, 0.1) is 6.20 Å². The fraction of sp³-hybridized carbons (Fsp3) is 0.0833. The molecule has 3 nitrogen and oxygen atoms in total. The Labute approximate surface area is 87.8 Å². The van der Waals surface area contributed by atoms with Crippen molar-refractivity contribution in [3.05, 3.63) is 59.9 Å². The van der Waals surface area contributed by atoms with E-state index in [-0.39, 0.29) is 5.78 Å². The zero-order valence-electron chi connectivity index (χ0n) is 8.13. The average Bonchev–Trinajstić information content (AvgIpc) is 2.31. The van der Waals surface area contributed by atoms with Gasteiger partial charge in [-0.1, -0.05) is 30.3 Å². The molecule has 0 radical (unpaired) electrons. The van der Waals surface area contributed by atoms with Gasteiger partial charge in [-0.3, -0.25) is 4.79 Å². The smallest absolute Gasteiger partial charge is 0.167 e. The van der Waals surface area contributed by atoms with Crippen LogP contribution in [0.2, 0.25) is 0 Å². The molecule has 1 aromatic carbocycles. The van der Waals surface area contributed by atoms with Crippen molar-refractivity contribution in [2.45, 2.75) is 6.42 Å². The Balaban J connectivity index is 2.12. The van der Waals surface area contributed by atoms with Gasteiger partial charge in [0.25, 0.3) is 0 Å². The maximum atomic E-state index is 11.8. The Morgan fingerprint density at radius 1 is 1.07 bits per heavy atom. The number of Topliss-reactive ketones (excluding diaryl/α,β-unsaturated/α-hetero) is 1. The molecule has 0 amide bonds. The van der Waals surface area contributed by atoms with E-state index in [2.05, 4.69) is 10.2 Å². The minimum atomic E-state index is 0.101. The second-order valence-corrected chi connectivity index (χ2v) is 3.22. The summed E-state index contributed by atoms with van der Waals surface area (Å²) in [5, 5.41) is 7.39. The van der Waals surface area contributed by atoms with Crippen LogP contribution in [0.15, 0.2) is 48.8 Å². The van der Waals surface area contributed by atoms with E-state index >= 15 is 0 Å². The van der Waals surface area contributed by atoms with Crippen LogP contribution in [0.1, 0.15) is 15.9 Å². The number of nitrogens with zero attached hydrogens (tertiary/aromatic N) is 2. The molecule has 2 aromatic rings. The van der Waals surface area contributed by atoms with Gasteiger partial charge >= 0.3 is 0 Å². The molecule has 0 aliphatic rings. The molecule has 0 N–H and O–H groups in total. The number of rotatable bonds is 3. The van der Waals surface area contributed by atoms with Crippen molar-refractivity contribution in [3.63, 3.8) is 0 Å². The Morgan fingerprint density at radius 3 is 2.53 bits per heavy atom. The van der Waals surface area contributed by atoms with Gasteiger partial charge in [-0.2, -0.15) is 10.2 Å². The number of ketones is 1. The first-order valence-electron chi connectivity index (χ1n) is 4.70. The summed E-state index contributed by atoms with van der Waals surface area (Å²) < 4.78 is 0. The van der Waals surface area contributed by atoms with E-state index < -0.39 is 0 Å². The van der Waals surface area contributed by atoms with Crippen molar-refractivity contribution >= 4 is 5.78 Å². The molecule has 0 aliphatic heterocycles. The normalized spacial score (nSPS) is 9.87. The van der Waals surface area contributed by atoms with Gasteiger partial charge in [0.1, 0.15) is 0 Å². The van der Waals surface area contributed by atoms with Gasteiger partial charge in [-0.05, 0) is 11.6 Å². The summed E-state index contributed by atoms with van der Waals surface area (Å²) in [6.45, 7) is 0. The molecule has 0 spiro atoms. The highest BCUT2D eigenvalue weighted by Crippen LogP contribution is 2.05. The third kappa shape index (κ3) is 2.47. The van der Waals surface area contributed by atoms with Gasteiger partial charge in [0, 0.05) is 18.2 Å². The number of carbonyl (C=O) groups is 1. The summed E-state index contributed by atoms with van der Waals surface area (Å²) in [5.41, 5.74) is 1.62. The Bertz CT molecular complexity index is 440. The van der Waals surface area contributed by atoms with Crippen molar-refractivity contribution in [2.24, 2.45) is 0 Å². The van der Waals surface area contributed by atoms with E-state index in [0.717, 1.165) is 11.1 Å². The first-order valence-corrected chi connectivity index (χ1v) is 4.70. The van der Waals surface area contributed by atoms with Crippen LogP contribution in [-0.4, -0.2) is 16.0 Å². The molecule has 15 heavy (non-hydrogen) atoms. The maximum Gasteiger partial charge on any atom is 0.167 e. The summed E-state index contributed by atoms with van der Waals surface area (Å²) in [7, 11) is 0. The minimum Gasteiger partial charge on any atom is -0.294 e. The largest absolute Gasteiger partial charge is 0.294 e. The van der Waals surface area contributed by atoms with Crippen molar-refractivity contribution in [3.8, 4) is 0 Å². The third-order valence-corrected chi connectivity index (χ3v) is 2.11. The third-order valence-electron chi connectivity index (χ3n) is 2.11. The highest BCUT2D eigenvalue weighted by Gasteiger charge is 2.05. The molecule has 1 aromatic heterocycles. The molecule has 0 saturated carbocycles. The standard InChI is InChI=1S/C12H10N2O/c15-12(11-4-2-1-3-5-11)8-10-6-7-13-14-9-10/h1-7,9H,8H2. The number of hydrogen-bond donors (Lipinski definition) is 0. The van der Waals surface area contributed by atoms with E-state index in [1.54, 1.807) is 18.5 Å². The van der Waals surface area contributed by atoms with Gasteiger partial charge in [0.2, 0.25) is 0 Å². The summed E-state index contributed by atoms with van der Waals surface area (Å²) in [6, 6.07) is 11.0. The van der Waals surface area contributed by atoms with Crippen molar-refractivity contribution in [2.75, 3.05) is 0 Å². The van der Waals surface area contributed by atoms with Gasteiger partial charge in [-0.25, -0.2) is 0 Å². The zero-order valence-corrected chi connectivity index (χ0v) is 8.13. The molecule has 3 heteroatoms. The molecule has 0 aliphatic carbocycles. The average molecular weight is 198 g/mol. The Kier molecular flexibility index (Phi) is 2.83. The number of hydrogen-bond acceptors (Lipinski definition) is 3. The van der Waals surface area contributed by atoms with Gasteiger partial charge < -0.3 is 0 Å². The fourth-order valence-corrected chi connectivity index (χ4v) is 1.33. The van der Waals surface area contributed by atoms with Crippen LogP contribution < -0.4 is 0 Å². The van der Waals surface area contributed by atoms with Crippen LogP contribution in [0, 0.1) is 0 Å². The zero-order chi connectivity index (χ0) is 10.5. The number of aromatic nitrogens is 2. The molecular formula is C12H10N2O. The second-order valence-electron chi connectivity index (χ2n) is 3.22. The second kappa shape index (κ2) is 4.46. The van der Waals surface area contributed by atoms with E-state index in [4.69, 9.17) is 0 Å². The molecule has 0 atom stereocenters. The molecule has 2 rings (SSSR count). The van der Waals surface area contributed by atoms with E-state index in [0.29, 0.717) is 6.42 Å². The van der Waals surface area contributed by atoms with Crippen LogP contribution >= 0.6 is 0 Å². The SMILES string of the molecule is O=C(Cc1ccnnc1)c1ccccc1. The number of carbonyl (C=O) groups excluding carboxylic acids is 1. The molecular weight excluding hydrogens is 188 g/mol. The highest BCUT2D eigenvalue weighted by atomic mass is 16.1. The van der Waals surface area contributed by atoms with E-state index in [1.165, 1.54) is 0 Å². The maximum absolute atomic E-state index is 11.8. The minimum absolute atomic E-state index is 0.101. The Hall–Kier alpha value is -2.03. The van der Waals surface area contributed by atoms with Crippen LogP contribution in [0.4, 0.5) is 0 Å². The summed E-state index contributed by atoms with van der Waals surface area (Å²) in [4.78, 5) is 11.8. The monoisotopic (exact) mass is 198 g/mol. The highest BCUT2D eigenvalue weighted by molar-refractivity contribution is 5.97. The molecule has 0 bridgehead atoms. The van der Waals surface area contributed by atoms with Crippen LogP contribution in [0.25, 0.3) is 0 Å². The predicted octanol–water partition coefficient (Wildman–Crippen LogP) is 1.90. The lowest BCUT2D eigenvalue weighted by Crippen LogP contribution is -2.03. The van der Waals surface area contributed by atoms with Crippen LogP contribution in [0.5, 0.6) is 0 Å². The lowest BCUT2D eigenvalue weighted by atomic mass is 10.1. The van der Waals surface area contributed by atoms with E-state index in [1.807, 2.05) is 30.3 Å². The van der Waals surface area contributed by atoms with Crippen LogP contribution in [-0.2, 0) is 6.42 Å². The summed E-state index contributed by atoms with van der Waals surface area (Å²) in [6.07, 6.45) is 3.58. The molecule has 0 saturated heterocycles. The van der Waals surface area contributed by atoms with E-state index in [9.17, 15) is 4.79 Å². The predicted molar refractivity (Wildman–Crippen MR) is 56.5 cm³/mol. The first-order chi connectivity index (χ1) is 7.36. The van der Waals surface area contributed by atoms with Gasteiger partial charge in [-0.15, -0.1) is 0 Å². The first kappa shape index (κ1) is 9.52. The molecule has 1 heterocycles. The summed E-state index contributed by atoms with van der Waals surface area (Å²) >= 11 is 0. The van der Waals surface area contributed by atoms with Crippen molar-refractivity contribution in [1.29, 1.82) is 0 Å². The lowest BCUT2D eigenvalue weighted by molar-refractivity contribution is 0.0993. The lowest BCUT2D eigenvalue weighted by Gasteiger charge is -1.99. The molecule has 0 unspecified atom stereocenters.